The zero-order valence-corrected chi connectivity index (χ0v) is 17.5. The van der Waals surface area contributed by atoms with Crippen LogP contribution in [0.25, 0.3) is 0 Å². The number of rotatable bonds is 4. The Morgan fingerprint density at radius 2 is 1.60 bits per heavy atom. The molecule has 0 radical (unpaired) electrons. The van der Waals surface area contributed by atoms with Crippen molar-refractivity contribution in [3.63, 3.8) is 0 Å². The van der Waals surface area contributed by atoms with E-state index in [1.165, 1.54) is 10.6 Å². The molecule has 160 valence electrons. The van der Waals surface area contributed by atoms with Crippen LogP contribution in [0.2, 0.25) is 0 Å². The minimum Gasteiger partial charge on any atom is -0.459 e. The van der Waals surface area contributed by atoms with Gasteiger partial charge in [0.1, 0.15) is 0 Å². The average molecular weight is 432 g/mol. The molecule has 0 unspecified atom stereocenters. The van der Waals surface area contributed by atoms with E-state index in [9.17, 15) is 18.0 Å². The van der Waals surface area contributed by atoms with E-state index in [0.717, 1.165) is 0 Å². The Hall–Kier alpha value is -2.65. The van der Waals surface area contributed by atoms with Gasteiger partial charge in [0, 0.05) is 39.3 Å². The van der Waals surface area contributed by atoms with Gasteiger partial charge in [0.2, 0.25) is 15.9 Å². The molecule has 2 amide bonds. The van der Waals surface area contributed by atoms with Gasteiger partial charge < -0.3 is 14.2 Å². The van der Waals surface area contributed by atoms with Crippen molar-refractivity contribution < 1.29 is 22.4 Å². The first-order valence-electron chi connectivity index (χ1n) is 10.1. The van der Waals surface area contributed by atoms with Crippen molar-refractivity contribution in [2.45, 2.75) is 17.7 Å². The first kappa shape index (κ1) is 20.6. The Labute approximate surface area is 176 Å². The number of carbonyl (C=O) groups is 2. The van der Waals surface area contributed by atoms with Gasteiger partial charge in [-0.15, -0.1) is 0 Å². The molecule has 0 saturated carbocycles. The molecule has 8 nitrogen and oxygen atoms in total. The number of carbonyl (C=O) groups excluding carboxylic acids is 2. The lowest BCUT2D eigenvalue weighted by Crippen LogP contribution is -2.54. The molecule has 2 aliphatic rings. The van der Waals surface area contributed by atoms with Crippen LogP contribution in [0.4, 0.5) is 0 Å². The summed E-state index contributed by atoms with van der Waals surface area (Å²) in [5.74, 6) is -0.272. The summed E-state index contributed by atoms with van der Waals surface area (Å²) in [6.45, 7) is 2.36. The largest absolute Gasteiger partial charge is 0.459 e. The van der Waals surface area contributed by atoms with Crippen molar-refractivity contribution in [3.05, 3.63) is 54.5 Å². The lowest BCUT2D eigenvalue weighted by Gasteiger charge is -2.38. The third kappa shape index (κ3) is 4.13. The van der Waals surface area contributed by atoms with Crippen molar-refractivity contribution in [1.82, 2.24) is 14.1 Å². The zero-order valence-electron chi connectivity index (χ0n) is 16.6. The lowest BCUT2D eigenvalue weighted by molar-refractivity contribution is -0.138. The maximum absolute atomic E-state index is 13.0. The standard InChI is InChI=1S/C21H25N3O5S/c25-20(22-11-13-23(14-12-22)21(26)19-9-5-15-29-19)17-6-4-10-24(16-17)30(27,28)18-7-2-1-3-8-18/h1-3,5,7-9,15,17H,4,6,10-14,16H2/t17-/m0/s1. The van der Waals surface area contributed by atoms with Crippen LogP contribution in [0.1, 0.15) is 23.4 Å². The lowest BCUT2D eigenvalue weighted by atomic mass is 9.97. The second-order valence-corrected chi connectivity index (χ2v) is 9.55. The minimum absolute atomic E-state index is 0.0342. The van der Waals surface area contributed by atoms with Gasteiger partial charge in [-0.2, -0.15) is 4.31 Å². The third-order valence-corrected chi connectivity index (χ3v) is 7.60. The molecule has 30 heavy (non-hydrogen) atoms. The summed E-state index contributed by atoms with van der Waals surface area (Å²) in [6, 6.07) is 11.6. The number of benzene rings is 1. The summed E-state index contributed by atoms with van der Waals surface area (Å²) in [4.78, 5) is 29.1. The van der Waals surface area contributed by atoms with E-state index in [-0.39, 0.29) is 29.2 Å². The smallest absolute Gasteiger partial charge is 0.289 e. The second-order valence-electron chi connectivity index (χ2n) is 7.61. The van der Waals surface area contributed by atoms with E-state index in [1.807, 2.05) is 0 Å². The van der Waals surface area contributed by atoms with Gasteiger partial charge in [-0.25, -0.2) is 8.42 Å². The van der Waals surface area contributed by atoms with E-state index >= 15 is 0 Å². The highest BCUT2D eigenvalue weighted by molar-refractivity contribution is 7.89. The number of piperazine rings is 1. The van der Waals surface area contributed by atoms with Crippen molar-refractivity contribution in [3.8, 4) is 0 Å². The Kier molecular flexibility index (Phi) is 5.92. The Morgan fingerprint density at radius 3 is 2.27 bits per heavy atom. The fraction of sp³-hybridized carbons (Fsp3) is 0.429. The fourth-order valence-electron chi connectivity index (χ4n) is 4.05. The molecule has 0 N–H and O–H groups in total. The predicted octanol–water partition coefficient (Wildman–Crippen LogP) is 1.66. The summed E-state index contributed by atoms with van der Waals surface area (Å²) in [7, 11) is -3.61. The molecular formula is C21H25N3O5S. The molecular weight excluding hydrogens is 406 g/mol. The molecule has 2 saturated heterocycles. The molecule has 4 rings (SSSR count). The van der Waals surface area contributed by atoms with Gasteiger partial charge in [-0.05, 0) is 37.1 Å². The van der Waals surface area contributed by atoms with Crippen LogP contribution in [0.5, 0.6) is 0 Å². The van der Waals surface area contributed by atoms with Crippen molar-refractivity contribution in [1.29, 1.82) is 0 Å². The van der Waals surface area contributed by atoms with Crippen LogP contribution in [-0.4, -0.2) is 73.6 Å². The first-order chi connectivity index (χ1) is 14.5. The third-order valence-electron chi connectivity index (χ3n) is 5.72. The zero-order chi connectivity index (χ0) is 21.1. The van der Waals surface area contributed by atoms with Crippen LogP contribution < -0.4 is 0 Å². The molecule has 2 aromatic rings. The van der Waals surface area contributed by atoms with Crippen LogP contribution >= 0.6 is 0 Å². The molecule has 3 heterocycles. The topological polar surface area (TPSA) is 91.1 Å². The van der Waals surface area contributed by atoms with E-state index < -0.39 is 10.0 Å². The van der Waals surface area contributed by atoms with E-state index in [1.54, 1.807) is 52.3 Å². The number of sulfonamides is 1. The molecule has 0 bridgehead atoms. The number of amides is 2. The van der Waals surface area contributed by atoms with Crippen molar-refractivity contribution >= 4 is 21.8 Å². The summed E-state index contributed by atoms with van der Waals surface area (Å²) in [5, 5.41) is 0. The Bertz CT molecular complexity index is 983. The first-order valence-corrected chi connectivity index (χ1v) is 11.6. The van der Waals surface area contributed by atoms with Crippen LogP contribution in [0.3, 0.4) is 0 Å². The highest BCUT2D eigenvalue weighted by atomic mass is 32.2. The number of furan rings is 1. The number of piperidine rings is 1. The molecule has 1 aromatic heterocycles. The van der Waals surface area contributed by atoms with Gasteiger partial charge in [-0.1, -0.05) is 18.2 Å². The van der Waals surface area contributed by atoms with E-state index in [2.05, 4.69) is 0 Å². The fourth-order valence-corrected chi connectivity index (χ4v) is 5.59. The maximum atomic E-state index is 13.0. The molecule has 0 aliphatic carbocycles. The predicted molar refractivity (Wildman–Crippen MR) is 109 cm³/mol. The summed E-state index contributed by atoms with van der Waals surface area (Å²) >= 11 is 0. The van der Waals surface area contributed by atoms with Gasteiger partial charge in [0.05, 0.1) is 17.1 Å². The molecule has 1 atom stereocenters. The SMILES string of the molecule is O=C(c1ccco1)N1CCN(C(=O)[C@H]2CCCN(S(=O)(=O)c3ccccc3)C2)CC1. The molecule has 0 spiro atoms. The maximum Gasteiger partial charge on any atom is 0.289 e. The van der Waals surface area contributed by atoms with Gasteiger partial charge >= 0.3 is 0 Å². The summed E-state index contributed by atoms with van der Waals surface area (Å²) in [5.41, 5.74) is 0. The summed E-state index contributed by atoms with van der Waals surface area (Å²) in [6.07, 6.45) is 2.79. The highest BCUT2D eigenvalue weighted by Crippen LogP contribution is 2.25. The average Bonchev–Trinajstić information content (AvgIpc) is 3.34. The van der Waals surface area contributed by atoms with Gasteiger partial charge in [0.15, 0.2) is 5.76 Å². The Morgan fingerprint density at radius 1 is 0.900 bits per heavy atom. The van der Waals surface area contributed by atoms with Crippen molar-refractivity contribution in [2.24, 2.45) is 5.92 Å². The Balaban J connectivity index is 1.37. The van der Waals surface area contributed by atoms with Crippen LogP contribution in [-0.2, 0) is 14.8 Å². The minimum atomic E-state index is -3.61. The monoisotopic (exact) mass is 431 g/mol. The molecule has 2 aliphatic heterocycles. The normalized spacial score (nSPS) is 20.9. The summed E-state index contributed by atoms with van der Waals surface area (Å²) < 4.78 is 32.4. The van der Waals surface area contributed by atoms with Crippen LogP contribution in [0, 0.1) is 5.92 Å². The van der Waals surface area contributed by atoms with E-state index in [4.69, 9.17) is 4.42 Å². The van der Waals surface area contributed by atoms with Gasteiger partial charge in [-0.3, -0.25) is 9.59 Å². The van der Waals surface area contributed by atoms with Crippen LogP contribution in [0.15, 0.2) is 58.0 Å². The second kappa shape index (κ2) is 8.61. The number of hydrogen-bond acceptors (Lipinski definition) is 5. The molecule has 1 aromatic carbocycles. The van der Waals surface area contributed by atoms with Crippen molar-refractivity contribution in [2.75, 3.05) is 39.3 Å². The highest BCUT2D eigenvalue weighted by Gasteiger charge is 2.36. The number of nitrogens with zero attached hydrogens (tertiary/aromatic N) is 3. The number of hydrogen-bond donors (Lipinski definition) is 0. The van der Waals surface area contributed by atoms with E-state index in [0.29, 0.717) is 51.3 Å². The quantitative estimate of drug-likeness (QED) is 0.734. The molecule has 2 fully saturated rings. The van der Waals surface area contributed by atoms with Gasteiger partial charge in [0.25, 0.3) is 5.91 Å². The molecule has 9 heteroatoms.